The predicted molar refractivity (Wildman–Crippen MR) is 109 cm³/mol. The molecule has 3 aromatic heterocycles. The predicted octanol–water partition coefficient (Wildman–Crippen LogP) is 2.34. The van der Waals surface area contributed by atoms with Gasteiger partial charge in [0.2, 0.25) is 5.91 Å². The molecule has 0 saturated heterocycles. The molecule has 148 valence electrons. The van der Waals surface area contributed by atoms with E-state index in [9.17, 15) is 9.59 Å². The van der Waals surface area contributed by atoms with Crippen molar-refractivity contribution in [3.63, 3.8) is 0 Å². The molecular weight excluding hydrogens is 368 g/mol. The number of fused-ring (bicyclic) bond motifs is 2. The standard InChI is InChI=1S/C21H22N6O2/c1-14(2)11-17(20-25-24-18-9-5-6-10-26(18)20)23-19(28)13-27-21(29)16-8-4-3-7-15(16)12-22-27/h3-10,12,14,17H,11,13H2,1-2H3,(H,23,28)/t17-/m1/s1. The summed E-state index contributed by atoms with van der Waals surface area (Å²) in [5, 5.41) is 16.9. The highest BCUT2D eigenvalue weighted by molar-refractivity contribution is 5.81. The third-order valence-corrected chi connectivity index (χ3v) is 4.75. The van der Waals surface area contributed by atoms with Gasteiger partial charge in [-0.25, -0.2) is 4.68 Å². The summed E-state index contributed by atoms with van der Waals surface area (Å²) in [6, 6.07) is 12.5. The number of pyridine rings is 1. The van der Waals surface area contributed by atoms with Crippen molar-refractivity contribution in [3.8, 4) is 0 Å². The molecule has 0 fully saturated rings. The van der Waals surface area contributed by atoms with Crippen LogP contribution in [0.2, 0.25) is 0 Å². The van der Waals surface area contributed by atoms with Crippen molar-refractivity contribution in [1.82, 2.24) is 29.7 Å². The van der Waals surface area contributed by atoms with Crippen molar-refractivity contribution in [3.05, 3.63) is 71.0 Å². The van der Waals surface area contributed by atoms with E-state index < -0.39 is 0 Å². The second kappa shape index (κ2) is 7.83. The van der Waals surface area contributed by atoms with Crippen LogP contribution in [0.1, 0.15) is 32.1 Å². The van der Waals surface area contributed by atoms with Crippen molar-refractivity contribution >= 4 is 22.3 Å². The third-order valence-electron chi connectivity index (χ3n) is 4.75. The van der Waals surface area contributed by atoms with E-state index >= 15 is 0 Å². The van der Waals surface area contributed by atoms with Crippen LogP contribution in [0.25, 0.3) is 16.4 Å². The maximum absolute atomic E-state index is 12.8. The van der Waals surface area contributed by atoms with Crippen molar-refractivity contribution in [2.75, 3.05) is 0 Å². The number of hydrogen-bond acceptors (Lipinski definition) is 5. The van der Waals surface area contributed by atoms with E-state index in [1.54, 1.807) is 18.3 Å². The first kappa shape index (κ1) is 18.8. The molecule has 1 amide bonds. The molecule has 0 aliphatic rings. The summed E-state index contributed by atoms with van der Waals surface area (Å²) in [5.41, 5.74) is 0.435. The minimum Gasteiger partial charge on any atom is -0.344 e. The number of carbonyl (C=O) groups excluding carboxylic acids is 1. The fourth-order valence-electron chi connectivity index (χ4n) is 3.41. The molecule has 8 heteroatoms. The number of amides is 1. The Hall–Kier alpha value is -3.55. The highest BCUT2D eigenvalue weighted by Gasteiger charge is 2.22. The van der Waals surface area contributed by atoms with Gasteiger partial charge in [-0.15, -0.1) is 10.2 Å². The van der Waals surface area contributed by atoms with Gasteiger partial charge in [-0.1, -0.05) is 38.1 Å². The van der Waals surface area contributed by atoms with E-state index in [1.165, 1.54) is 4.68 Å². The summed E-state index contributed by atoms with van der Waals surface area (Å²) in [6.45, 7) is 4.00. The number of nitrogens with zero attached hydrogens (tertiary/aromatic N) is 5. The Morgan fingerprint density at radius 3 is 2.72 bits per heavy atom. The molecule has 1 N–H and O–H groups in total. The second-order valence-electron chi connectivity index (χ2n) is 7.43. The monoisotopic (exact) mass is 390 g/mol. The van der Waals surface area contributed by atoms with Gasteiger partial charge in [0.25, 0.3) is 5.56 Å². The molecule has 0 radical (unpaired) electrons. The highest BCUT2D eigenvalue weighted by Crippen LogP contribution is 2.20. The van der Waals surface area contributed by atoms with E-state index in [-0.39, 0.29) is 24.1 Å². The quantitative estimate of drug-likeness (QED) is 0.545. The molecule has 0 spiro atoms. The van der Waals surface area contributed by atoms with Crippen LogP contribution in [-0.2, 0) is 11.3 Å². The summed E-state index contributed by atoms with van der Waals surface area (Å²) in [6.07, 6.45) is 4.17. The largest absolute Gasteiger partial charge is 0.344 e. The summed E-state index contributed by atoms with van der Waals surface area (Å²) < 4.78 is 3.06. The summed E-state index contributed by atoms with van der Waals surface area (Å²) >= 11 is 0. The Balaban J connectivity index is 1.59. The van der Waals surface area contributed by atoms with Crippen LogP contribution in [-0.4, -0.2) is 30.3 Å². The molecule has 4 aromatic rings. The lowest BCUT2D eigenvalue weighted by atomic mass is 10.0. The lowest BCUT2D eigenvalue weighted by molar-refractivity contribution is -0.122. The lowest BCUT2D eigenvalue weighted by Crippen LogP contribution is -2.36. The van der Waals surface area contributed by atoms with Crippen molar-refractivity contribution < 1.29 is 4.79 Å². The van der Waals surface area contributed by atoms with Crippen LogP contribution in [0.4, 0.5) is 0 Å². The Morgan fingerprint density at radius 2 is 1.90 bits per heavy atom. The van der Waals surface area contributed by atoms with E-state index in [0.29, 0.717) is 23.5 Å². The first-order valence-electron chi connectivity index (χ1n) is 9.57. The van der Waals surface area contributed by atoms with Crippen LogP contribution < -0.4 is 10.9 Å². The smallest absolute Gasteiger partial charge is 0.275 e. The van der Waals surface area contributed by atoms with Gasteiger partial charge in [0.1, 0.15) is 6.54 Å². The number of aromatic nitrogens is 5. The van der Waals surface area contributed by atoms with Gasteiger partial charge in [-0.3, -0.25) is 14.0 Å². The van der Waals surface area contributed by atoms with E-state index in [0.717, 1.165) is 11.0 Å². The average Bonchev–Trinajstić information content (AvgIpc) is 3.14. The van der Waals surface area contributed by atoms with Crippen molar-refractivity contribution in [2.45, 2.75) is 32.9 Å². The summed E-state index contributed by atoms with van der Waals surface area (Å²) in [7, 11) is 0. The van der Waals surface area contributed by atoms with Crippen LogP contribution in [0.3, 0.4) is 0 Å². The molecule has 1 aromatic carbocycles. The van der Waals surface area contributed by atoms with Gasteiger partial charge in [0.15, 0.2) is 11.5 Å². The first-order valence-corrected chi connectivity index (χ1v) is 9.57. The maximum atomic E-state index is 12.8. The zero-order valence-corrected chi connectivity index (χ0v) is 16.3. The van der Waals surface area contributed by atoms with Crippen molar-refractivity contribution in [1.29, 1.82) is 0 Å². The summed E-state index contributed by atoms with van der Waals surface area (Å²) in [5.74, 6) is 0.701. The SMILES string of the molecule is CC(C)C[C@@H](NC(=O)Cn1ncc2ccccc2c1=O)c1nnc2ccccn12. The van der Waals surface area contributed by atoms with Gasteiger partial charge < -0.3 is 5.32 Å². The number of hydrogen-bond donors (Lipinski definition) is 1. The van der Waals surface area contributed by atoms with Crippen LogP contribution >= 0.6 is 0 Å². The topological polar surface area (TPSA) is 94.2 Å². The van der Waals surface area contributed by atoms with Crippen LogP contribution in [0.5, 0.6) is 0 Å². The number of rotatable bonds is 6. The minimum atomic E-state index is -0.323. The van der Waals surface area contributed by atoms with Gasteiger partial charge in [-0.2, -0.15) is 5.10 Å². The van der Waals surface area contributed by atoms with Crippen LogP contribution in [0.15, 0.2) is 59.7 Å². The average molecular weight is 390 g/mol. The maximum Gasteiger partial charge on any atom is 0.275 e. The summed E-state index contributed by atoms with van der Waals surface area (Å²) in [4.78, 5) is 25.4. The molecule has 29 heavy (non-hydrogen) atoms. The molecular formula is C21H22N6O2. The Kier molecular flexibility index (Phi) is 5.07. The minimum absolute atomic E-state index is 0.158. The lowest BCUT2D eigenvalue weighted by Gasteiger charge is -2.19. The Morgan fingerprint density at radius 1 is 1.10 bits per heavy atom. The van der Waals surface area contributed by atoms with Crippen LogP contribution in [0, 0.1) is 5.92 Å². The van der Waals surface area contributed by atoms with Gasteiger partial charge in [0.05, 0.1) is 17.6 Å². The molecule has 0 bridgehead atoms. The molecule has 1 atom stereocenters. The highest BCUT2D eigenvalue weighted by atomic mass is 16.2. The molecule has 3 heterocycles. The first-order chi connectivity index (χ1) is 14.0. The van der Waals surface area contributed by atoms with Crippen molar-refractivity contribution in [2.24, 2.45) is 5.92 Å². The van der Waals surface area contributed by atoms with E-state index in [4.69, 9.17) is 0 Å². The van der Waals surface area contributed by atoms with E-state index in [1.807, 2.05) is 40.9 Å². The van der Waals surface area contributed by atoms with Gasteiger partial charge in [0, 0.05) is 11.6 Å². The normalized spacial score (nSPS) is 12.5. The number of carbonyl (C=O) groups is 1. The molecule has 0 aliphatic carbocycles. The molecule has 4 rings (SSSR count). The third kappa shape index (κ3) is 3.87. The molecule has 0 saturated carbocycles. The zero-order valence-electron chi connectivity index (χ0n) is 16.3. The van der Waals surface area contributed by atoms with Gasteiger partial charge >= 0.3 is 0 Å². The zero-order chi connectivity index (χ0) is 20.4. The van der Waals surface area contributed by atoms with Gasteiger partial charge in [-0.05, 0) is 30.5 Å². The fraction of sp³-hybridized carbons (Fsp3) is 0.286. The molecule has 0 unspecified atom stereocenters. The van der Waals surface area contributed by atoms with E-state index in [2.05, 4.69) is 34.5 Å². The Bertz CT molecular complexity index is 1230. The molecule has 0 aliphatic heterocycles. The Labute approximate surface area is 167 Å². The molecule has 8 nitrogen and oxygen atoms in total. The fourth-order valence-corrected chi connectivity index (χ4v) is 3.41. The number of nitrogens with one attached hydrogen (secondary N) is 1. The second-order valence-corrected chi connectivity index (χ2v) is 7.43. The number of benzene rings is 1.